The molecule has 3 rings (SSSR count). The molecule has 0 bridgehead atoms. The summed E-state index contributed by atoms with van der Waals surface area (Å²) in [6, 6.07) is 22.5. The van der Waals surface area contributed by atoms with Gasteiger partial charge >= 0.3 is 0 Å². The number of carbonyl (C=O) groups is 2. The van der Waals surface area contributed by atoms with Gasteiger partial charge in [-0.25, -0.2) is 0 Å². The SMILES string of the molecule is COc1ccccc1CNC(=O)c1cccc(C(=O)Nc2ccc(C#N)cc2)c1. The maximum absolute atomic E-state index is 12.5. The standard InChI is InChI=1S/C23H19N3O3/c1-29-21-8-3-2-5-19(21)15-25-22(27)17-6-4-7-18(13-17)23(28)26-20-11-9-16(14-24)10-12-20/h2-13H,15H2,1H3,(H,25,27)(H,26,28). The van der Waals surface area contributed by atoms with Gasteiger partial charge in [0.1, 0.15) is 5.75 Å². The maximum Gasteiger partial charge on any atom is 0.255 e. The fourth-order valence-corrected chi connectivity index (χ4v) is 2.76. The van der Waals surface area contributed by atoms with Gasteiger partial charge in [-0.1, -0.05) is 24.3 Å². The number of benzene rings is 3. The fourth-order valence-electron chi connectivity index (χ4n) is 2.76. The number of ether oxygens (including phenoxy) is 1. The molecule has 6 heteroatoms. The molecule has 0 spiro atoms. The van der Waals surface area contributed by atoms with Gasteiger partial charge in [-0.15, -0.1) is 0 Å². The van der Waals surface area contributed by atoms with Gasteiger partial charge in [0, 0.05) is 28.9 Å². The van der Waals surface area contributed by atoms with Crippen molar-refractivity contribution in [3.05, 3.63) is 95.1 Å². The van der Waals surface area contributed by atoms with E-state index in [1.54, 1.807) is 49.6 Å². The van der Waals surface area contributed by atoms with Crippen LogP contribution in [0.25, 0.3) is 0 Å². The van der Waals surface area contributed by atoms with Crippen molar-refractivity contribution >= 4 is 17.5 Å². The average Bonchev–Trinajstić information content (AvgIpc) is 2.78. The summed E-state index contributed by atoms with van der Waals surface area (Å²) in [7, 11) is 1.58. The third kappa shape index (κ3) is 4.99. The fraction of sp³-hybridized carbons (Fsp3) is 0.0870. The van der Waals surface area contributed by atoms with Crippen LogP contribution in [0.4, 0.5) is 5.69 Å². The number of nitriles is 1. The van der Waals surface area contributed by atoms with Crippen LogP contribution >= 0.6 is 0 Å². The summed E-state index contributed by atoms with van der Waals surface area (Å²) in [6.45, 7) is 0.310. The minimum atomic E-state index is -0.339. The number of hydrogen-bond donors (Lipinski definition) is 2. The topological polar surface area (TPSA) is 91.2 Å². The number of carbonyl (C=O) groups excluding carboxylic acids is 2. The van der Waals surface area contributed by atoms with Crippen molar-refractivity contribution in [2.45, 2.75) is 6.54 Å². The second-order valence-corrected chi connectivity index (χ2v) is 6.22. The highest BCUT2D eigenvalue weighted by Crippen LogP contribution is 2.17. The Balaban J connectivity index is 1.67. The van der Waals surface area contributed by atoms with E-state index in [4.69, 9.17) is 10.00 Å². The van der Waals surface area contributed by atoms with E-state index in [0.29, 0.717) is 34.7 Å². The van der Waals surface area contributed by atoms with Crippen LogP contribution in [0.3, 0.4) is 0 Å². The lowest BCUT2D eigenvalue weighted by atomic mass is 10.1. The Labute approximate surface area is 168 Å². The number of para-hydroxylation sites is 1. The molecule has 0 atom stereocenters. The summed E-state index contributed by atoms with van der Waals surface area (Å²) < 4.78 is 5.28. The van der Waals surface area contributed by atoms with E-state index in [1.807, 2.05) is 30.3 Å². The van der Waals surface area contributed by atoms with Crippen molar-refractivity contribution in [2.24, 2.45) is 0 Å². The second-order valence-electron chi connectivity index (χ2n) is 6.22. The average molecular weight is 385 g/mol. The van der Waals surface area contributed by atoms with Crippen molar-refractivity contribution < 1.29 is 14.3 Å². The Kier molecular flexibility index (Phi) is 6.23. The number of nitrogens with zero attached hydrogens (tertiary/aromatic N) is 1. The highest BCUT2D eigenvalue weighted by atomic mass is 16.5. The first kappa shape index (κ1) is 19.6. The molecule has 0 aliphatic rings. The number of methoxy groups -OCH3 is 1. The van der Waals surface area contributed by atoms with Gasteiger partial charge in [-0.05, 0) is 48.5 Å². The smallest absolute Gasteiger partial charge is 0.255 e. The zero-order valence-electron chi connectivity index (χ0n) is 15.8. The molecule has 3 aromatic rings. The summed E-state index contributed by atoms with van der Waals surface area (Å²) in [6.07, 6.45) is 0. The molecule has 0 radical (unpaired) electrons. The summed E-state index contributed by atoms with van der Waals surface area (Å²) in [5.74, 6) is 0.0707. The van der Waals surface area contributed by atoms with E-state index in [-0.39, 0.29) is 11.8 Å². The molecule has 29 heavy (non-hydrogen) atoms. The molecule has 0 heterocycles. The third-order valence-corrected chi connectivity index (χ3v) is 4.29. The van der Waals surface area contributed by atoms with E-state index in [1.165, 1.54) is 6.07 Å². The Morgan fingerprint density at radius 1 is 0.931 bits per heavy atom. The monoisotopic (exact) mass is 385 g/mol. The van der Waals surface area contributed by atoms with Crippen molar-refractivity contribution in [3.63, 3.8) is 0 Å². The van der Waals surface area contributed by atoms with Crippen LogP contribution in [0.1, 0.15) is 31.8 Å². The maximum atomic E-state index is 12.5. The second kappa shape index (κ2) is 9.20. The first-order valence-corrected chi connectivity index (χ1v) is 8.92. The van der Waals surface area contributed by atoms with E-state index in [0.717, 1.165) is 5.56 Å². The van der Waals surface area contributed by atoms with E-state index in [9.17, 15) is 9.59 Å². The molecular weight excluding hydrogens is 366 g/mol. The van der Waals surface area contributed by atoms with Crippen LogP contribution in [-0.4, -0.2) is 18.9 Å². The van der Waals surface area contributed by atoms with Crippen molar-refractivity contribution in [2.75, 3.05) is 12.4 Å². The van der Waals surface area contributed by atoms with E-state index in [2.05, 4.69) is 10.6 Å². The minimum Gasteiger partial charge on any atom is -0.496 e. The zero-order valence-corrected chi connectivity index (χ0v) is 15.8. The predicted molar refractivity (Wildman–Crippen MR) is 110 cm³/mol. The van der Waals surface area contributed by atoms with Gasteiger partial charge < -0.3 is 15.4 Å². The molecule has 3 aromatic carbocycles. The van der Waals surface area contributed by atoms with Crippen LogP contribution in [-0.2, 0) is 6.54 Å². The van der Waals surface area contributed by atoms with Crippen LogP contribution in [0.2, 0.25) is 0 Å². The minimum absolute atomic E-state index is 0.288. The number of anilines is 1. The molecular formula is C23H19N3O3. The Morgan fingerprint density at radius 2 is 1.62 bits per heavy atom. The van der Waals surface area contributed by atoms with E-state index < -0.39 is 0 Å². The van der Waals surface area contributed by atoms with Gasteiger partial charge in [0.15, 0.2) is 0 Å². The molecule has 0 fully saturated rings. The largest absolute Gasteiger partial charge is 0.496 e. The normalized spacial score (nSPS) is 9.93. The first-order valence-electron chi connectivity index (χ1n) is 8.92. The predicted octanol–water partition coefficient (Wildman–Crippen LogP) is 3.75. The van der Waals surface area contributed by atoms with Gasteiger partial charge in [-0.3, -0.25) is 9.59 Å². The molecule has 0 aliphatic carbocycles. The highest BCUT2D eigenvalue weighted by molar-refractivity contribution is 6.06. The quantitative estimate of drug-likeness (QED) is 0.676. The zero-order chi connectivity index (χ0) is 20.6. The highest BCUT2D eigenvalue weighted by Gasteiger charge is 2.12. The van der Waals surface area contributed by atoms with Crippen LogP contribution in [0, 0.1) is 11.3 Å². The number of amides is 2. The Morgan fingerprint density at radius 3 is 2.31 bits per heavy atom. The summed E-state index contributed by atoms with van der Waals surface area (Å²) in [5, 5.41) is 14.4. The third-order valence-electron chi connectivity index (χ3n) is 4.29. The van der Waals surface area contributed by atoms with Gasteiger partial charge in [0.2, 0.25) is 0 Å². The number of nitrogens with one attached hydrogen (secondary N) is 2. The van der Waals surface area contributed by atoms with Gasteiger partial charge in [-0.2, -0.15) is 5.26 Å². The molecule has 144 valence electrons. The molecule has 6 nitrogen and oxygen atoms in total. The molecule has 2 amide bonds. The van der Waals surface area contributed by atoms with Crippen molar-refractivity contribution in [1.82, 2.24) is 5.32 Å². The van der Waals surface area contributed by atoms with Crippen LogP contribution in [0.5, 0.6) is 5.75 Å². The lowest BCUT2D eigenvalue weighted by molar-refractivity contribution is 0.0950. The van der Waals surface area contributed by atoms with Crippen molar-refractivity contribution in [1.29, 1.82) is 5.26 Å². The molecule has 2 N–H and O–H groups in total. The molecule has 0 unspecified atom stereocenters. The summed E-state index contributed by atoms with van der Waals surface area (Å²) in [4.78, 5) is 25.0. The lowest BCUT2D eigenvalue weighted by Crippen LogP contribution is -2.23. The molecule has 0 aliphatic heterocycles. The molecule has 0 saturated carbocycles. The Hall–Kier alpha value is -4.11. The molecule has 0 aromatic heterocycles. The van der Waals surface area contributed by atoms with Gasteiger partial charge in [0.05, 0.1) is 18.7 Å². The van der Waals surface area contributed by atoms with E-state index >= 15 is 0 Å². The summed E-state index contributed by atoms with van der Waals surface area (Å²) in [5.41, 5.74) is 2.68. The van der Waals surface area contributed by atoms with Crippen LogP contribution < -0.4 is 15.4 Å². The number of rotatable bonds is 6. The van der Waals surface area contributed by atoms with Crippen molar-refractivity contribution in [3.8, 4) is 11.8 Å². The Bertz CT molecular complexity index is 1070. The van der Waals surface area contributed by atoms with Crippen LogP contribution in [0.15, 0.2) is 72.8 Å². The number of hydrogen-bond acceptors (Lipinski definition) is 4. The molecule has 0 saturated heterocycles. The lowest BCUT2D eigenvalue weighted by Gasteiger charge is -2.10. The first-order chi connectivity index (χ1) is 14.1. The van der Waals surface area contributed by atoms with Gasteiger partial charge in [0.25, 0.3) is 11.8 Å². The summed E-state index contributed by atoms with van der Waals surface area (Å²) >= 11 is 0.